The third kappa shape index (κ3) is 5.26. The van der Waals surface area contributed by atoms with Crippen molar-refractivity contribution in [3.63, 3.8) is 0 Å². The molecule has 4 heterocycles. The van der Waals surface area contributed by atoms with Gasteiger partial charge in [0.05, 0.1) is 19.6 Å². The van der Waals surface area contributed by atoms with Crippen LogP contribution in [0, 0.1) is 11.7 Å². The molecule has 1 aromatic heterocycles. The molecule has 4 nitrogen and oxygen atoms in total. The van der Waals surface area contributed by atoms with E-state index in [0.717, 1.165) is 53.4 Å². The van der Waals surface area contributed by atoms with E-state index in [4.69, 9.17) is 4.74 Å². The molecule has 172 valence electrons. The summed E-state index contributed by atoms with van der Waals surface area (Å²) in [5.41, 5.74) is 0.747. The molecule has 0 saturated carbocycles. The molecule has 0 aliphatic carbocycles. The number of piperidine rings is 3. The van der Waals surface area contributed by atoms with Gasteiger partial charge in [0, 0.05) is 23.7 Å². The fourth-order valence-electron chi connectivity index (χ4n) is 4.93. The largest absolute Gasteiger partial charge is 0.439 e. The van der Waals surface area contributed by atoms with Crippen LogP contribution in [-0.2, 0) is 11.3 Å². The number of ether oxygens (including phenoxy) is 1. The lowest BCUT2D eigenvalue weighted by Gasteiger charge is -2.51. The van der Waals surface area contributed by atoms with Crippen molar-refractivity contribution in [1.82, 2.24) is 0 Å². The zero-order valence-electron chi connectivity index (χ0n) is 18.4. The predicted molar refractivity (Wildman–Crippen MR) is 132 cm³/mol. The van der Waals surface area contributed by atoms with Gasteiger partial charge < -0.3 is 9.22 Å². The van der Waals surface area contributed by atoms with Crippen molar-refractivity contribution >= 4 is 34.2 Å². The summed E-state index contributed by atoms with van der Waals surface area (Å²) >= 11 is 3.38. The Balaban J connectivity index is 1.28. The maximum absolute atomic E-state index is 13.7. The number of fused-ring (bicyclic) bond motifs is 3. The van der Waals surface area contributed by atoms with E-state index in [1.165, 1.54) is 28.4 Å². The summed E-state index contributed by atoms with van der Waals surface area (Å²) in [5.74, 6) is 1.13. The van der Waals surface area contributed by atoms with E-state index in [2.05, 4.69) is 24.3 Å². The van der Waals surface area contributed by atoms with Crippen molar-refractivity contribution in [3.8, 4) is 0 Å². The van der Waals surface area contributed by atoms with E-state index < -0.39 is 0 Å². The molecule has 33 heavy (non-hydrogen) atoms. The van der Waals surface area contributed by atoms with Crippen LogP contribution in [0.15, 0.2) is 77.0 Å². The molecule has 0 spiro atoms. The highest BCUT2D eigenvalue weighted by Crippen LogP contribution is 2.38. The van der Waals surface area contributed by atoms with Crippen molar-refractivity contribution in [1.29, 1.82) is 0 Å². The standard InChI is InChI=1S/C26H28FN2O2S2/c27-22-7-4-6-20(16-22)17-28(25-10-5-15-32-25)26(30)31-24-18-29(13-11-21(24)12-14-29)19-33-23-8-2-1-3-9-23/h1-10,15-16,21,24H,11-14,17-19H2/q+1/t21?,24-,29?/m0/s1. The maximum Gasteiger partial charge on any atom is 0.415 e. The van der Waals surface area contributed by atoms with E-state index >= 15 is 0 Å². The lowest BCUT2D eigenvalue weighted by Crippen LogP contribution is -2.64. The monoisotopic (exact) mass is 483 g/mol. The van der Waals surface area contributed by atoms with Crippen LogP contribution >= 0.6 is 23.1 Å². The number of carbonyl (C=O) groups excluding carboxylic acids is 1. The lowest BCUT2D eigenvalue weighted by molar-refractivity contribution is -0.934. The van der Waals surface area contributed by atoms with Crippen molar-refractivity contribution in [2.75, 3.05) is 30.4 Å². The van der Waals surface area contributed by atoms with Gasteiger partial charge in [0.25, 0.3) is 0 Å². The van der Waals surface area contributed by atoms with Crippen LogP contribution < -0.4 is 4.90 Å². The number of amides is 1. The summed E-state index contributed by atoms with van der Waals surface area (Å²) in [5, 5.41) is 2.75. The molecule has 3 aliphatic rings. The van der Waals surface area contributed by atoms with Crippen LogP contribution in [0.1, 0.15) is 18.4 Å². The summed E-state index contributed by atoms with van der Waals surface area (Å²) in [6.07, 6.45) is 1.77. The van der Waals surface area contributed by atoms with Gasteiger partial charge in [-0.15, -0.1) is 11.3 Å². The molecule has 6 rings (SSSR count). The molecule has 3 fully saturated rings. The minimum absolute atomic E-state index is 0.0775. The fraction of sp³-hybridized carbons (Fsp3) is 0.346. The van der Waals surface area contributed by atoms with E-state index in [1.54, 1.807) is 11.0 Å². The molecule has 2 aromatic carbocycles. The Morgan fingerprint density at radius 2 is 1.91 bits per heavy atom. The minimum atomic E-state index is -0.339. The minimum Gasteiger partial charge on any atom is -0.439 e. The first-order valence-electron chi connectivity index (χ1n) is 11.4. The summed E-state index contributed by atoms with van der Waals surface area (Å²) in [6.45, 7) is 3.46. The molecular weight excluding hydrogens is 455 g/mol. The number of benzene rings is 2. The third-order valence-corrected chi connectivity index (χ3v) is 8.94. The molecule has 7 heteroatoms. The molecule has 3 saturated heterocycles. The van der Waals surface area contributed by atoms with E-state index in [0.29, 0.717) is 12.5 Å². The van der Waals surface area contributed by atoms with Gasteiger partial charge >= 0.3 is 6.09 Å². The second-order valence-corrected chi connectivity index (χ2v) is 10.9. The van der Waals surface area contributed by atoms with Gasteiger partial charge in [-0.3, -0.25) is 4.90 Å². The number of anilines is 1. The Morgan fingerprint density at radius 3 is 2.64 bits per heavy atom. The smallest absolute Gasteiger partial charge is 0.415 e. The molecule has 3 aromatic rings. The van der Waals surface area contributed by atoms with Crippen molar-refractivity contribution in [2.24, 2.45) is 5.92 Å². The number of nitrogens with zero attached hydrogens (tertiary/aromatic N) is 2. The van der Waals surface area contributed by atoms with E-state index in [-0.39, 0.29) is 18.0 Å². The molecule has 0 radical (unpaired) electrons. The zero-order valence-corrected chi connectivity index (χ0v) is 20.1. The Morgan fingerprint density at radius 1 is 1.09 bits per heavy atom. The Hall–Kier alpha value is -2.35. The van der Waals surface area contributed by atoms with Crippen molar-refractivity contribution in [3.05, 3.63) is 83.5 Å². The van der Waals surface area contributed by atoms with E-state index in [1.807, 2.05) is 41.4 Å². The first-order valence-corrected chi connectivity index (χ1v) is 13.3. The molecule has 3 aliphatic heterocycles. The van der Waals surface area contributed by atoms with Crippen LogP contribution in [0.3, 0.4) is 0 Å². The number of halogens is 1. The molecule has 1 amide bonds. The number of carbonyl (C=O) groups is 1. The lowest BCUT2D eigenvalue weighted by atomic mass is 9.84. The molecule has 0 N–H and O–H groups in total. The van der Waals surface area contributed by atoms with Crippen molar-refractivity contribution < 1.29 is 18.4 Å². The first-order chi connectivity index (χ1) is 16.1. The van der Waals surface area contributed by atoms with Gasteiger partial charge in [0.2, 0.25) is 0 Å². The molecular formula is C26H28FN2O2S2+. The van der Waals surface area contributed by atoms with Crippen LogP contribution in [0.2, 0.25) is 0 Å². The van der Waals surface area contributed by atoms with Gasteiger partial charge in [0.1, 0.15) is 23.2 Å². The highest BCUT2D eigenvalue weighted by Gasteiger charge is 2.48. The van der Waals surface area contributed by atoms with Gasteiger partial charge in [-0.1, -0.05) is 42.1 Å². The zero-order chi connectivity index (χ0) is 22.7. The Kier molecular flexibility index (Phi) is 6.71. The Bertz CT molecular complexity index is 1070. The molecule has 2 bridgehead atoms. The summed E-state index contributed by atoms with van der Waals surface area (Å²) < 4.78 is 20.9. The van der Waals surface area contributed by atoms with Crippen molar-refractivity contribution in [2.45, 2.75) is 30.4 Å². The number of thioether (sulfide) groups is 1. The third-order valence-electron chi connectivity index (χ3n) is 6.76. The average Bonchev–Trinajstić information content (AvgIpc) is 3.37. The number of quaternary nitrogens is 1. The van der Waals surface area contributed by atoms with Gasteiger partial charge in [-0.2, -0.15) is 0 Å². The second kappa shape index (κ2) is 9.87. The first kappa shape index (κ1) is 22.4. The van der Waals surface area contributed by atoms with Crippen LogP contribution in [0.5, 0.6) is 0 Å². The van der Waals surface area contributed by atoms with Gasteiger partial charge in [0.15, 0.2) is 6.10 Å². The average molecular weight is 484 g/mol. The predicted octanol–water partition coefficient (Wildman–Crippen LogP) is 6.39. The van der Waals surface area contributed by atoms with E-state index in [9.17, 15) is 9.18 Å². The van der Waals surface area contributed by atoms with Gasteiger partial charge in [-0.05, 0) is 47.3 Å². The van der Waals surface area contributed by atoms with Gasteiger partial charge in [-0.25, -0.2) is 9.18 Å². The summed E-state index contributed by atoms with van der Waals surface area (Å²) in [4.78, 5) is 16.3. The highest BCUT2D eigenvalue weighted by molar-refractivity contribution is 7.99. The van der Waals surface area contributed by atoms with Crippen LogP contribution in [-0.4, -0.2) is 42.2 Å². The SMILES string of the molecule is O=C(O[C@H]1C[N+]2(CSc3ccccc3)CCC1CC2)N(Cc1cccc(F)c1)c1cccs1. The summed E-state index contributed by atoms with van der Waals surface area (Å²) in [6, 6.07) is 20.7. The Labute approximate surface area is 202 Å². The normalized spacial score (nSPS) is 23.9. The quantitative estimate of drug-likeness (QED) is 0.288. The fourth-order valence-corrected chi connectivity index (χ4v) is 6.79. The van der Waals surface area contributed by atoms with Crippen LogP contribution in [0.4, 0.5) is 14.2 Å². The number of thiophene rings is 1. The highest BCUT2D eigenvalue weighted by atomic mass is 32.2. The van der Waals surface area contributed by atoms with Crippen LogP contribution in [0.25, 0.3) is 0 Å². The second-order valence-electron chi connectivity index (χ2n) is 8.98. The topological polar surface area (TPSA) is 29.5 Å². The number of hydrogen-bond acceptors (Lipinski definition) is 4. The number of rotatable bonds is 7. The molecule has 0 unspecified atom stereocenters. The molecule has 1 atom stereocenters. The summed E-state index contributed by atoms with van der Waals surface area (Å²) in [7, 11) is 0. The maximum atomic E-state index is 13.7. The number of hydrogen-bond donors (Lipinski definition) is 0.